The Kier molecular flexibility index (Phi) is 10.5. The van der Waals surface area contributed by atoms with Gasteiger partial charge in [-0.3, -0.25) is 4.79 Å². The number of carbonyl (C=O) groups excluding carboxylic acids is 2. The number of esters is 1. The van der Waals surface area contributed by atoms with E-state index in [9.17, 15) is 14.7 Å². The van der Waals surface area contributed by atoms with Crippen LogP contribution >= 0.6 is 0 Å². The molecular weight excluding hydrogens is 508 g/mol. The van der Waals surface area contributed by atoms with Gasteiger partial charge in [0.05, 0.1) is 25.5 Å². The maximum absolute atomic E-state index is 13.3. The Morgan fingerprint density at radius 1 is 0.975 bits per heavy atom. The molecule has 1 N–H and O–H groups in total. The Bertz CT molecular complexity index is 1430. The normalized spacial score (nSPS) is 10.8. The number of ketones is 1. The predicted molar refractivity (Wildman–Crippen MR) is 156 cm³/mol. The van der Waals surface area contributed by atoms with Crippen LogP contribution in [0.15, 0.2) is 76.5 Å². The molecule has 0 unspecified atom stereocenters. The van der Waals surface area contributed by atoms with Crippen LogP contribution in [0.25, 0.3) is 6.08 Å². The lowest BCUT2D eigenvalue weighted by molar-refractivity contribution is 0.0695. The van der Waals surface area contributed by atoms with Crippen molar-refractivity contribution in [3.63, 3.8) is 0 Å². The molecule has 3 aromatic rings. The SMILES string of the molecule is CCOc1cc(/C=C/C(=O)c2cc(CC=C(C)C)c(OC)c(CC=C(C)C)c2O)ccc1OC(=O)c1ccco1. The van der Waals surface area contributed by atoms with E-state index < -0.39 is 5.97 Å². The average Bonchev–Trinajstić information content (AvgIpc) is 3.46. The molecule has 210 valence electrons. The summed E-state index contributed by atoms with van der Waals surface area (Å²) in [5, 5.41) is 11.1. The third-order valence-electron chi connectivity index (χ3n) is 5.96. The summed E-state index contributed by atoms with van der Waals surface area (Å²) in [5.41, 5.74) is 4.46. The zero-order chi connectivity index (χ0) is 29.2. The van der Waals surface area contributed by atoms with Gasteiger partial charge in [-0.2, -0.15) is 0 Å². The summed E-state index contributed by atoms with van der Waals surface area (Å²) >= 11 is 0. The van der Waals surface area contributed by atoms with Gasteiger partial charge in [-0.25, -0.2) is 4.79 Å². The molecule has 0 spiro atoms. The molecule has 0 atom stereocenters. The van der Waals surface area contributed by atoms with E-state index in [0.29, 0.717) is 42.1 Å². The standard InChI is InChI=1S/C33H36O7/c1-7-38-30-19-23(13-17-28(30)40-33(36)29-9-8-18-39-29)12-16-27(34)26-20-24(14-10-21(2)3)32(37-6)25(31(26)35)15-11-22(4)5/h8-13,16-20,35H,7,14-15H2,1-6H3/b16-12+. The van der Waals surface area contributed by atoms with Gasteiger partial charge in [-0.05, 0) is 95.0 Å². The number of benzene rings is 2. The smallest absolute Gasteiger partial charge is 0.379 e. The zero-order valence-corrected chi connectivity index (χ0v) is 23.9. The number of methoxy groups -OCH3 is 1. The van der Waals surface area contributed by atoms with Gasteiger partial charge in [-0.15, -0.1) is 0 Å². The maximum Gasteiger partial charge on any atom is 0.379 e. The molecule has 40 heavy (non-hydrogen) atoms. The van der Waals surface area contributed by atoms with Gasteiger partial charge >= 0.3 is 5.97 Å². The Balaban J connectivity index is 1.95. The van der Waals surface area contributed by atoms with Gasteiger partial charge in [-0.1, -0.05) is 35.4 Å². The van der Waals surface area contributed by atoms with Crippen LogP contribution < -0.4 is 14.2 Å². The Hall–Kier alpha value is -4.52. The van der Waals surface area contributed by atoms with Crippen molar-refractivity contribution in [3.05, 3.63) is 100 Å². The number of aromatic hydroxyl groups is 1. The van der Waals surface area contributed by atoms with Crippen LogP contribution in [0.2, 0.25) is 0 Å². The summed E-state index contributed by atoms with van der Waals surface area (Å²) in [6.07, 6.45) is 9.45. The third kappa shape index (κ3) is 7.76. The first-order chi connectivity index (χ1) is 19.1. The number of carbonyl (C=O) groups is 2. The fourth-order valence-electron chi connectivity index (χ4n) is 3.96. The van der Waals surface area contributed by atoms with Crippen molar-refractivity contribution in [1.82, 2.24) is 0 Å². The number of allylic oxidation sites excluding steroid dienone is 5. The molecular formula is C33H36O7. The van der Waals surface area contributed by atoms with E-state index in [4.69, 9.17) is 18.6 Å². The number of phenolic OH excluding ortho intramolecular Hbond substituents is 1. The minimum atomic E-state index is -0.646. The number of hydrogen-bond donors (Lipinski definition) is 1. The van der Waals surface area contributed by atoms with Crippen LogP contribution in [0.1, 0.15) is 72.2 Å². The van der Waals surface area contributed by atoms with E-state index in [0.717, 1.165) is 16.7 Å². The number of phenols is 1. The molecule has 3 rings (SSSR count). The van der Waals surface area contributed by atoms with Gasteiger partial charge in [0.1, 0.15) is 11.5 Å². The van der Waals surface area contributed by atoms with Gasteiger partial charge in [0, 0.05) is 5.56 Å². The molecule has 0 saturated heterocycles. The Morgan fingerprint density at radius 2 is 1.70 bits per heavy atom. The first kappa shape index (κ1) is 30.0. The second kappa shape index (κ2) is 14.0. The van der Waals surface area contributed by atoms with Crippen molar-refractivity contribution in [1.29, 1.82) is 0 Å². The van der Waals surface area contributed by atoms with Crippen molar-refractivity contribution in [3.8, 4) is 23.0 Å². The minimum absolute atomic E-state index is 0.0734. The van der Waals surface area contributed by atoms with E-state index in [2.05, 4.69) is 6.08 Å². The summed E-state index contributed by atoms with van der Waals surface area (Å²) < 4.78 is 21.9. The maximum atomic E-state index is 13.3. The molecule has 0 saturated carbocycles. The van der Waals surface area contributed by atoms with E-state index >= 15 is 0 Å². The molecule has 0 amide bonds. The van der Waals surface area contributed by atoms with Gasteiger partial charge < -0.3 is 23.7 Å². The van der Waals surface area contributed by atoms with Gasteiger partial charge in [0.25, 0.3) is 0 Å². The molecule has 7 heteroatoms. The third-order valence-corrected chi connectivity index (χ3v) is 5.96. The second-order valence-electron chi connectivity index (χ2n) is 9.62. The molecule has 2 aromatic carbocycles. The first-order valence-electron chi connectivity index (χ1n) is 13.1. The summed E-state index contributed by atoms with van der Waals surface area (Å²) in [6.45, 7) is 10.1. The topological polar surface area (TPSA) is 95.2 Å². The highest BCUT2D eigenvalue weighted by molar-refractivity contribution is 6.09. The van der Waals surface area contributed by atoms with E-state index in [1.165, 1.54) is 18.4 Å². The molecule has 1 heterocycles. The lowest BCUT2D eigenvalue weighted by Gasteiger charge is -2.17. The van der Waals surface area contributed by atoms with E-state index in [-0.39, 0.29) is 28.6 Å². The Labute approximate surface area is 235 Å². The second-order valence-corrected chi connectivity index (χ2v) is 9.62. The molecule has 0 fully saturated rings. The van der Waals surface area contributed by atoms with Gasteiger partial charge in [0.2, 0.25) is 5.76 Å². The number of furan rings is 1. The first-order valence-corrected chi connectivity index (χ1v) is 13.1. The van der Waals surface area contributed by atoms with Crippen LogP contribution in [0.4, 0.5) is 0 Å². The molecule has 7 nitrogen and oxygen atoms in total. The lowest BCUT2D eigenvalue weighted by Crippen LogP contribution is -2.08. The average molecular weight is 545 g/mol. The summed E-state index contributed by atoms with van der Waals surface area (Å²) in [4.78, 5) is 25.7. The van der Waals surface area contributed by atoms with Crippen LogP contribution in [0.5, 0.6) is 23.0 Å². The highest BCUT2D eigenvalue weighted by Gasteiger charge is 2.21. The molecule has 1 aromatic heterocycles. The monoisotopic (exact) mass is 544 g/mol. The highest BCUT2D eigenvalue weighted by Crippen LogP contribution is 2.37. The molecule has 0 radical (unpaired) electrons. The van der Waals surface area contributed by atoms with Crippen LogP contribution in [-0.4, -0.2) is 30.6 Å². The fourth-order valence-corrected chi connectivity index (χ4v) is 3.96. The van der Waals surface area contributed by atoms with E-state index in [1.807, 2.05) is 40.7 Å². The number of ether oxygens (including phenoxy) is 3. The van der Waals surface area contributed by atoms with Crippen molar-refractivity contribution < 1.29 is 33.3 Å². The lowest BCUT2D eigenvalue weighted by atomic mass is 9.94. The highest BCUT2D eigenvalue weighted by atomic mass is 16.6. The van der Waals surface area contributed by atoms with Crippen molar-refractivity contribution in [2.75, 3.05) is 13.7 Å². The summed E-state index contributed by atoms with van der Waals surface area (Å²) in [7, 11) is 1.57. The molecule has 0 aliphatic rings. The summed E-state index contributed by atoms with van der Waals surface area (Å²) in [5.74, 6) is 0.124. The quantitative estimate of drug-likeness (QED) is 0.0828. The van der Waals surface area contributed by atoms with Gasteiger partial charge in [0.15, 0.2) is 17.3 Å². The van der Waals surface area contributed by atoms with E-state index in [1.54, 1.807) is 43.5 Å². The van der Waals surface area contributed by atoms with Crippen molar-refractivity contribution >= 4 is 17.8 Å². The largest absolute Gasteiger partial charge is 0.507 e. The van der Waals surface area contributed by atoms with Crippen molar-refractivity contribution in [2.45, 2.75) is 47.5 Å². The molecule has 0 aliphatic heterocycles. The minimum Gasteiger partial charge on any atom is -0.507 e. The van der Waals surface area contributed by atoms with Crippen LogP contribution in [0.3, 0.4) is 0 Å². The fraction of sp³-hybridized carbons (Fsp3) is 0.273. The number of rotatable bonds is 12. The zero-order valence-electron chi connectivity index (χ0n) is 23.9. The predicted octanol–water partition coefficient (Wildman–Crippen LogP) is 7.53. The summed E-state index contributed by atoms with van der Waals surface area (Å²) in [6, 6.07) is 9.76. The van der Waals surface area contributed by atoms with Crippen LogP contribution in [0, 0.1) is 0 Å². The molecule has 0 aliphatic carbocycles. The number of hydrogen-bond acceptors (Lipinski definition) is 7. The van der Waals surface area contributed by atoms with Crippen molar-refractivity contribution in [2.24, 2.45) is 0 Å². The molecule has 0 bridgehead atoms. The Morgan fingerprint density at radius 3 is 2.33 bits per heavy atom. The van der Waals surface area contributed by atoms with Crippen LogP contribution in [-0.2, 0) is 12.8 Å².